The molecule has 1 aromatic carbocycles. The van der Waals surface area contributed by atoms with Gasteiger partial charge in [-0.2, -0.15) is 0 Å². The molecule has 0 aromatic heterocycles. The monoisotopic (exact) mass is 328 g/mol. The first-order valence-electron chi connectivity index (χ1n) is 7.25. The van der Waals surface area contributed by atoms with E-state index in [0.29, 0.717) is 29.2 Å². The third kappa shape index (κ3) is 5.17. The van der Waals surface area contributed by atoms with Crippen molar-refractivity contribution in [2.24, 2.45) is 0 Å². The zero-order valence-electron chi connectivity index (χ0n) is 12.7. The standard InChI is InChI=1S/C16H22Cl2N2O/c1-16(2,3)19-9-15(21)20(12-5-6-12)10-11-4-7-13(17)14(18)8-11/h4,7-8,12,19H,5-6,9-10H2,1-3H3. The number of rotatable bonds is 5. The largest absolute Gasteiger partial charge is 0.334 e. The zero-order valence-corrected chi connectivity index (χ0v) is 14.3. The summed E-state index contributed by atoms with van der Waals surface area (Å²) in [4.78, 5) is 14.4. The first-order chi connectivity index (χ1) is 9.76. The van der Waals surface area contributed by atoms with Crippen LogP contribution in [0.4, 0.5) is 0 Å². The lowest BCUT2D eigenvalue weighted by Gasteiger charge is -2.26. The number of halogens is 2. The molecule has 1 aromatic rings. The number of nitrogens with zero attached hydrogens (tertiary/aromatic N) is 1. The van der Waals surface area contributed by atoms with Crippen molar-refractivity contribution in [1.82, 2.24) is 10.2 Å². The van der Waals surface area contributed by atoms with Crippen LogP contribution in [0.2, 0.25) is 10.0 Å². The molecule has 0 spiro atoms. The van der Waals surface area contributed by atoms with Crippen LogP contribution in [0.15, 0.2) is 18.2 Å². The molecule has 1 aliphatic carbocycles. The van der Waals surface area contributed by atoms with Crippen molar-refractivity contribution in [2.45, 2.75) is 51.7 Å². The molecule has 3 nitrogen and oxygen atoms in total. The predicted molar refractivity (Wildman–Crippen MR) is 87.8 cm³/mol. The first-order valence-corrected chi connectivity index (χ1v) is 8.00. The van der Waals surface area contributed by atoms with Gasteiger partial charge in [-0.15, -0.1) is 0 Å². The van der Waals surface area contributed by atoms with E-state index in [1.54, 1.807) is 6.07 Å². The quantitative estimate of drug-likeness (QED) is 0.889. The van der Waals surface area contributed by atoms with Gasteiger partial charge in [0.15, 0.2) is 0 Å². The van der Waals surface area contributed by atoms with Gasteiger partial charge < -0.3 is 10.2 Å². The predicted octanol–water partition coefficient (Wildman–Crippen LogP) is 3.87. The highest BCUT2D eigenvalue weighted by Crippen LogP contribution is 2.30. The SMILES string of the molecule is CC(C)(C)NCC(=O)N(Cc1ccc(Cl)c(Cl)c1)C1CC1. The van der Waals surface area contributed by atoms with E-state index in [9.17, 15) is 4.79 Å². The number of carbonyl (C=O) groups excluding carboxylic acids is 1. The van der Waals surface area contributed by atoms with Gasteiger partial charge in [0.05, 0.1) is 16.6 Å². The minimum atomic E-state index is -0.0611. The summed E-state index contributed by atoms with van der Waals surface area (Å²) in [6.07, 6.45) is 2.17. The summed E-state index contributed by atoms with van der Waals surface area (Å²) in [5, 5.41) is 4.33. The second-order valence-electron chi connectivity index (χ2n) is 6.60. The highest BCUT2D eigenvalue weighted by atomic mass is 35.5. The molecule has 1 saturated carbocycles. The second-order valence-corrected chi connectivity index (χ2v) is 7.42. The molecular formula is C16H22Cl2N2O. The summed E-state index contributed by atoms with van der Waals surface area (Å²) < 4.78 is 0. The van der Waals surface area contributed by atoms with Crippen molar-refractivity contribution in [3.8, 4) is 0 Å². The third-order valence-corrected chi connectivity index (χ3v) is 4.15. The van der Waals surface area contributed by atoms with E-state index < -0.39 is 0 Å². The van der Waals surface area contributed by atoms with Crippen LogP contribution in [0, 0.1) is 0 Å². The lowest BCUT2D eigenvalue weighted by Crippen LogP contribution is -2.45. The van der Waals surface area contributed by atoms with Crippen LogP contribution in [-0.2, 0) is 11.3 Å². The molecule has 0 heterocycles. The van der Waals surface area contributed by atoms with Gasteiger partial charge in [-0.3, -0.25) is 4.79 Å². The number of amides is 1. The molecule has 1 N–H and O–H groups in total. The van der Waals surface area contributed by atoms with E-state index >= 15 is 0 Å². The molecule has 5 heteroatoms. The van der Waals surface area contributed by atoms with Crippen LogP contribution >= 0.6 is 23.2 Å². The lowest BCUT2D eigenvalue weighted by atomic mass is 10.1. The van der Waals surface area contributed by atoms with Gasteiger partial charge >= 0.3 is 0 Å². The molecule has 0 saturated heterocycles. The summed E-state index contributed by atoms with van der Waals surface area (Å²) in [6.45, 7) is 7.12. The Kier molecular flexibility index (Phi) is 5.18. The molecule has 0 unspecified atom stereocenters. The number of hydrogen-bond donors (Lipinski definition) is 1. The summed E-state index contributed by atoms with van der Waals surface area (Å²) >= 11 is 12.0. The smallest absolute Gasteiger partial charge is 0.237 e. The van der Waals surface area contributed by atoms with E-state index in [-0.39, 0.29) is 11.4 Å². The van der Waals surface area contributed by atoms with Crippen molar-refractivity contribution < 1.29 is 4.79 Å². The Hall–Kier alpha value is -0.770. The van der Waals surface area contributed by atoms with E-state index in [2.05, 4.69) is 26.1 Å². The molecule has 0 aliphatic heterocycles. The third-order valence-electron chi connectivity index (χ3n) is 3.41. The molecule has 1 fully saturated rings. The fraction of sp³-hybridized carbons (Fsp3) is 0.562. The van der Waals surface area contributed by atoms with Crippen LogP contribution in [0.25, 0.3) is 0 Å². The van der Waals surface area contributed by atoms with Gasteiger partial charge in [-0.25, -0.2) is 0 Å². The topological polar surface area (TPSA) is 32.3 Å². The Morgan fingerprint density at radius 1 is 1.29 bits per heavy atom. The molecule has 2 rings (SSSR count). The average Bonchev–Trinajstić information content (AvgIpc) is 3.20. The van der Waals surface area contributed by atoms with Crippen LogP contribution < -0.4 is 5.32 Å². The van der Waals surface area contributed by atoms with Crippen LogP contribution in [0.5, 0.6) is 0 Å². The maximum Gasteiger partial charge on any atom is 0.237 e. The second kappa shape index (κ2) is 6.55. The van der Waals surface area contributed by atoms with Gasteiger partial charge in [-0.05, 0) is 51.3 Å². The maximum absolute atomic E-state index is 12.4. The molecule has 0 radical (unpaired) electrons. The highest BCUT2D eigenvalue weighted by molar-refractivity contribution is 6.42. The molecule has 1 aliphatic rings. The average molecular weight is 329 g/mol. The van der Waals surface area contributed by atoms with E-state index in [0.717, 1.165) is 18.4 Å². The first kappa shape index (κ1) is 16.6. The summed E-state index contributed by atoms with van der Waals surface area (Å²) in [5.74, 6) is 0.137. The highest BCUT2D eigenvalue weighted by Gasteiger charge is 2.32. The van der Waals surface area contributed by atoms with E-state index in [4.69, 9.17) is 23.2 Å². The zero-order chi connectivity index (χ0) is 15.6. The summed E-state index contributed by atoms with van der Waals surface area (Å²) in [7, 11) is 0. The molecule has 21 heavy (non-hydrogen) atoms. The Morgan fingerprint density at radius 2 is 1.95 bits per heavy atom. The van der Waals surface area contributed by atoms with Crippen molar-refractivity contribution in [3.05, 3.63) is 33.8 Å². The number of benzene rings is 1. The normalized spacial score (nSPS) is 15.1. The fourth-order valence-corrected chi connectivity index (χ4v) is 2.40. The van der Waals surface area contributed by atoms with Crippen molar-refractivity contribution in [1.29, 1.82) is 0 Å². The number of nitrogens with one attached hydrogen (secondary N) is 1. The Balaban J connectivity index is 2.02. The van der Waals surface area contributed by atoms with Gasteiger partial charge in [0.1, 0.15) is 0 Å². The van der Waals surface area contributed by atoms with E-state index in [1.165, 1.54) is 0 Å². The van der Waals surface area contributed by atoms with Gasteiger partial charge in [0.25, 0.3) is 0 Å². The van der Waals surface area contributed by atoms with E-state index in [1.807, 2.05) is 17.0 Å². The van der Waals surface area contributed by atoms with Crippen LogP contribution in [0.3, 0.4) is 0 Å². The van der Waals surface area contributed by atoms with Crippen LogP contribution in [-0.4, -0.2) is 28.9 Å². The Labute approximate surface area is 136 Å². The van der Waals surface area contributed by atoms with Crippen LogP contribution in [0.1, 0.15) is 39.2 Å². The number of hydrogen-bond acceptors (Lipinski definition) is 2. The van der Waals surface area contributed by atoms with Crippen molar-refractivity contribution in [2.75, 3.05) is 6.54 Å². The maximum atomic E-state index is 12.4. The molecule has 0 atom stereocenters. The number of carbonyl (C=O) groups is 1. The fourth-order valence-electron chi connectivity index (χ4n) is 2.08. The Morgan fingerprint density at radius 3 is 2.48 bits per heavy atom. The summed E-state index contributed by atoms with van der Waals surface area (Å²) in [6, 6.07) is 5.91. The lowest BCUT2D eigenvalue weighted by molar-refractivity contribution is -0.131. The van der Waals surface area contributed by atoms with Gasteiger partial charge in [0, 0.05) is 18.1 Å². The van der Waals surface area contributed by atoms with Crippen molar-refractivity contribution >= 4 is 29.1 Å². The molecule has 0 bridgehead atoms. The summed E-state index contributed by atoms with van der Waals surface area (Å²) in [5.41, 5.74) is 0.953. The molecule has 116 valence electrons. The van der Waals surface area contributed by atoms with Gasteiger partial charge in [0.2, 0.25) is 5.91 Å². The molecular weight excluding hydrogens is 307 g/mol. The Bertz CT molecular complexity index is 521. The minimum absolute atomic E-state index is 0.0611. The van der Waals surface area contributed by atoms with Gasteiger partial charge in [-0.1, -0.05) is 29.3 Å². The van der Waals surface area contributed by atoms with Crippen molar-refractivity contribution in [3.63, 3.8) is 0 Å². The minimum Gasteiger partial charge on any atom is -0.334 e. The molecule has 1 amide bonds.